The van der Waals surface area contributed by atoms with Gasteiger partial charge in [-0.25, -0.2) is 4.79 Å². The highest BCUT2D eigenvalue weighted by atomic mass is 16.8. The number of nitrogens with one attached hydrogen (secondary N) is 1. The predicted molar refractivity (Wildman–Crippen MR) is 95.4 cm³/mol. The maximum absolute atomic E-state index is 12.5. The molecule has 0 spiro atoms. The van der Waals surface area contributed by atoms with E-state index in [-0.39, 0.29) is 18.6 Å². The molecule has 1 fully saturated rings. The van der Waals surface area contributed by atoms with Crippen molar-refractivity contribution in [1.29, 1.82) is 0 Å². The maximum atomic E-state index is 12.5. The molecule has 0 aromatic carbocycles. The molecular weight excluding hydrogens is 338 g/mol. The van der Waals surface area contributed by atoms with Crippen LogP contribution in [0.15, 0.2) is 11.6 Å². The molecule has 1 saturated heterocycles. The number of carbonyl (C=O) groups excluding carboxylic acids is 2. The van der Waals surface area contributed by atoms with Gasteiger partial charge in [0.1, 0.15) is 12.2 Å². The highest BCUT2D eigenvalue weighted by Gasteiger charge is 2.53. The molecule has 26 heavy (non-hydrogen) atoms. The number of hydrogen-bond acceptors (Lipinski definition) is 6. The zero-order valence-corrected chi connectivity index (χ0v) is 16.5. The second-order valence-electron chi connectivity index (χ2n) is 7.13. The molecule has 0 unspecified atom stereocenters. The second kappa shape index (κ2) is 8.50. The number of esters is 1. The lowest BCUT2D eigenvalue weighted by molar-refractivity contribution is -0.152. The molecule has 148 valence electrons. The lowest BCUT2D eigenvalue weighted by Crippen LogP contribution is -2.58. The molecule has 0 aromatic rings. The topological polar surface area (TPSA) is 83.1 Å². The molecule has 1 N–H and O–H groups in total. The van der Waals surface area contributed by atoms with Crippen molar-refractivity contribution < 1.29 is 28.5 Å². The van der Waals surface area contributed by atoms with E-state index in [0.29, 0.717) is 5.57 Å². The Bertz CT molecular complexity index is 554. The number of carbonyl (C=O) groups is 2. The van der Waals surface area contributed by atoms with Crippen LogP contribution in [0.3, 0.4) is 0 Å². The summed E-state index contributed by atoms with van der Waals surface area (Å²) in [5, 5.41) is 2.92. The van der Waals surface area contributed by atoms with Gasteiger partial charge < -0.3 is 24.3 Å². The Morgan fingerprint density at radius 1 is 1.23 bits per heavy atom. The lowest BCUT2D eigenvalue weighted by Gasteiger charge is -2.38. The first-order valence-electron chi connectivity index (χ1n) is 9.39. The van der Waals surface area contributed by atoms with Crippen LogP contribution in [-0.2, 0) is 28.5 Å². The third-order valence-corrected chi connectivity index (χ3v) is 4.63. The second-order valence-corrected chi connectivity index (χ2v) is 7.13. The van der Waals surface area contributed by atoms with Gasteiger partial charge in [-0.05, 0) is 39.7 Å². The zero-order valence-electron chi connectivity index (χ0n) is 16.5. The molecule has 7 heteroatoms. The van der Waals surface area contributed by atoms with Crippen molar-refractivity contribution >= 4 is 11.9 Å². The highest BCUT2D eigenvalue weighted by molar-refractivity contribution is 5.90. The Morgan fingerprint density at radius 3 is 2.42 bits per heavy atom. The molecule has 1 heterocycles. The van der Waals surface area contributed by atoms with E-state index >= 15 is 0 Å². The van der Waals surface area contributed by atoms with E-state index in [1.54, 1.807) is 26.8 Å². The Morgan fingerprint density at radius 2 is 1.88 bits per heavy atom. The molecule has 2 aliphatic rings. The first-order chi connectivity index (χ1) is 12.2. The van der Waals surface area contributed by atoms with E-state index in [0.717, 1.165) is 12.8 Å². The van der Waals surface area contributed by atoms with Gasteiger partial charge in [-0.15, -0.1) is 0 Å². The lowest BCUT2D eigenvalue weighted by atomic mass is 9.87. The van der Waals surface area contributed by atoms with Crippen molar-refractivity contribution in [2.45, 2.75) is 90.6 Å². The summed E-state index contributed by atoms with van der Waals surface area (Å²) in [6.07, 6.45) is 1.77. The van der Waals surface area contributed by atoms with Crippen molar-refractivity contribution in [2.24, 2.45) is 0 Å². The summed E-state index contributed by atoms with van der Waals surface area (Å²) in [5.41, 5.74) is 0.389. The van der Waals surface area contributed by atoms with Crippen LogP contribution in [0.2, 0.25) is 0 Å². The summed E-state index contributed by atoms with van der Waals surface area (Å²) in [5.74, 6) is -1.50. The minimum absolute atomic E-state index is 0.0165. The Balaban J connectivity index is 2.41. The first kappa shape index (κ1) is 20.9. The van der Waals surface area contributed by atoms with E-state index in [1.807, 2.05) is 13.8 Å². The van der Waals surface area contributed by atoms with E-state index < -0.39 is 36.1 Å². The molecule has 1 amide bonds. The van der Waals surface area contributed by atoms with Gasteiger partial charge in [0.05, 0.1) is 30.4 Å². The minimum Gasteiger partial charge on any atom is -0.463 e. The normalized spacial score (nSPS) is 29.9. The molecule has 0 aromatic heterocycles. The van der Waals surface area contributed by atoms with Gasteiger partial charge in [-0.1, -0.05) is 13.8 Å². The van der Waals surface area contributed by atoms with Crippen molar-refractivity contribution in [1.82, 2.24) is 5.32 Å². The van der Waals surface area contributed by atoms with Gasteiger partial charge in [-0.3, -0.25) is 4.79 Å². The van der Waals surface area contributed by atoms with Crippen LogP contribution in [0.4, 0.5) is 0 Å². The molecule has 4 atom stereocenters. The van der Waals surface area contributed by atoms with Gasteiger partial charge >= 0.3 is 5.97 Å². The van der Waals surface area contributed by atoms with Crippen LogP contribution in [0.5, 0.6) is 0 Å². The van der Waals surface area contributed by atoms with E-state index in [1.165, 1.54) is 6.92 Å². The highest BCUT2D eigenvalue weighted by Crippen LogP contribution is 2.39. The third kappa shape index (κ3) is 4.64. The number of amides is 1. The maximum Gasteiger partial charge on any atom is 0.336 e. The smallest absolute Gasteiger partial charge is 0.336 e. The molecule has 0 radical (unpaired) electrons. The van der Waals surface area contributed by atoms with Crippen molar-refractivity contribution in [2.75, 3.05) is 6.61 Å². The Kier molecular flexibility index (Phi) is 6.82. The van der Waals surface area contributed by atoms with Crippen molar-refractivity contribution in [3.8, 4) is 0 Å². The molecule has 0 saturated carbocycles. The molecule has 2 rings (SSSR count). The predicted octanol–water partition coefficient (Wildman–Crippen LogP) is 2.09. The summed E-state index contributed by atoms with van der Waals surface area (Å²) in [6.45, 7) is 11.1. The summed E-state index contributed by atoms with van der Waals surface area (Å²) >= 11 is 0. The molecular formula is C19H31NO6. The van der Waals surface area contributed by atoms with E-state index in [4.69, 9.17) is 18.9 Å². The average Bonchev–Trinajstić information content (AvgIpc) is 2.89. The molecule has 1 aliphatic heterocycles. The van der Waals surface area contributed by atoms with Gasteiger partial charge in [0.2, 0.25) is 5.91 Å². The van der Waals surface area contributed by atoms with Crippen LogP contribution in [0, 0.1) is 0 Å². The van der Waals surface area contributed by atoms with Gasteiger partial charge in [0.15, 0.2) is 5.79 Å². The monoisotopic (exact) mass is 369 g/mol. The Labute approximate surface area is 155 Å². The molecule has 1 aliphatic carbocycles. The van der Waals surface area contributed by atoms with Gasteiger partial charge in [-0.2, -0.15) is 0 Å². The molecule has 7 nitrogen and oxygen atoms in total. The van der Waals surface area contributed by atoms with Gasteiger partial charge in [0.25, 0.3) is 0 Å². The van der Waals surface area contributed by atoms with Crippen LogP contribution >= 0.6 is 0 Å². The third-order valence-electron chi connectivity index (χ3n) is 4.63. The quantitative estimate of drug-likeness (QED) is 0.692. The summed E-state index contributed by atoms with van der Waals surface area (Å²) in [6, 6.07) is -0.446. The summed E-state index contributed by atoms with van der Waals surface area (Å²) in [4.78, 5) is 24.3. The fraction of sp³-hybridized carbons (Fsp3) is 0.789. The fourth-order valence-electron chi connectivity index (χ4n) is 3.48. The van der Waals surface area contributed by atoms with Crippen LogP contribution in [0.1, 0.15) is 54.4 Å². The summed E-state index contributed by atoms with van der Waals surface area (Å²) in [7, 11) is 0. The number of hydrogen-bond donors (Lipinski definition) is 1. The van der Waals surface area contributed by atoms with Crippen molar-refractivity contribution in [3.05, 3.63) is 11.6 Å². The van der Waals surface area contributed by atoms with Crippen LogP contribution < -0.4 is 5.32 Å². The minimum atomic E-state index is -0.874. The summed E-state index contributed by atoms with van der Waals surface area (Å²) < 4.78 is 23.4. The number of rotatable bonds is 7. The fourth-order valence-corrected chi connectivity index (χ4v) is 3.48. The standard InChI is InChI=1S/C19H31NO6/c1-7-12(8-2)24-14-10-13(18(22)23-9-3)16-17(15(14)20-11(4)21)26-19(5,6)25-16/h10,12,14-17H,7-9H2,1-6H3,(H,20,21)/t14-,15-,16+,17-/m0/s1. The molecule has 0 bridgehead atoms. The van der Waals surface area contributed by atoms with Crippen molar-refractivity contribution in [3.63, 3.8) is 0 Å². The van der Waals surface area contributed by atoms with Gasteiger partial charge in [0, 0.05) is 6.92 Å². The zero-order chi connectivity index (χ0) is 19.5. The van der Waals surface area contributed by atoms with Crippen LogP contribution in [-0.4, -0.2) is 54.7 Å². The number of fused-ring (bicyclic) bond motifs is 1. The van der Waals surface area contributed by atoms with Crippen LogP contribution in [0.25, 0.3) is 0 Å². The SMILES string of the molecule is CCOC(=O)C1=C[C@H](OC(CC)CC)[C@H](NC(C)=O)[C@@H]2OC(C)(C)O[C@H]12. The Hall–Kier alpha value is -1.44. The number of ether oxygens (including phenoxy) is 4. The van der Waals surface area contributed by atoms with E-state index in [2.05, 4.69) is 5.32 Å². The first-order valence-corrected chi connectivity index (χ1v) is 9.39. The largest absolute Gasteiger partial charge is 0.463 e. The van der Waals surface area contributed by atoms with E-state index in [9.17, 15) is 9.59 Å². The average molecular weight is 369 g/mol.